The van der Waals surface area contributed by atoms with Gasteiger partial charge < -0.3 is 25.2 Å². The second-order valence-electron chi connectivity index (χ2n) is 6.67. The van der Waals surface area contributed by atoms with Crippen molar-refractivity contribution in [2.45, 2.75) is 38.5 Å². The summed E-state index contributed by atoms with van der Waals surface area (Å²) in [5.74, 6) is -3.59. The van der Waals surface area contributed by atoms with Crippen molar-refractivity contribution in [3.05, 3.63) is 11.9 Å². The van der Waals surface area contributed by atoms with E-state index in [0.717, 1.165) is 0 Å². The number of carboxylic acid groups (broad SMARTS) is 1. The van der Waals surface area contributed by atoms with Gasteiger partial charge in [0.1, 0.15) is 0 Å². The maximum atomic E-state index is 12.8. The van der Waals surface area contributed by atoms with Gasteiger partial charge in [0.15, 0.2) is 5.69 Å². The molecular formula is C17H24N4O6. The second kappa shape index (κ2) is 8.05. The van der Waals surface area contributed by atoms with Crippen LogP contribution < -0.4 is 10.6 Å². The Hall–Kier alpha value is -2.46. The monoisotopic (exact) mass is 380 g/mol. The molecule has 3 rings (SSSR count). The molecule has 2 saturated heterocycles. The van der Waals surface area contributed by atoms with Gasteiger partial charge in [0.2, 0.25) is 5.91 Å². The van der Waals surface area contributed by atoms with Crippen molar-refractivity contribution >= 4 is 23.5 Å². The van der Waals surface area contributed by atoms with Gasteiger partial charge in [-0.05, 0) is 19.8 Å². The number of nitrogens with zero attached hydrogens (tertiary/aromatic N) is 2. The molecule has 2 amide bonds. The Bertz CT molecular complexity index is 733. The van der Waals surface area contributed by atoms with Crippen LogP contribution in [0.1, 0.15) is 30.3 Å². The van der Waals surface area contributed by atoms with Crippen LogP contribution in [0.5, 0.6) is 0 Å². The lowest BCUT2D eigenvalue weighted by Gasteiger charge is -2.23. The SMILES string of the molecule is CCn1cc(NC(=O)[C@@H]2[C@@H](C(=O)O)[C@H]3CC[C@@H]2O3)c(C(=O)NCCOC)n1. The molecule has 3 N–H and O–H groups in total. The molecule has 4 atom stereocenters. The van der Waals surface area contributed by atoms with E-state index < -0.39 is 41.8 Å². The van der Waals surface area contributed by atoms with Gasteiger partial charge in [0.05, 0.1) is 36.3 Å². The summed E-state index contributed by atoms with van der Waals surface area (Å²) in [5.41, 5.74) is 0.334. The molecule has 0 radical (unpaired) electrons. The van der Waals surface area contributed by atoms with Crippen molar-refractivity contribution in [2.75, 3.05) is 25.6 Å². The maximum Gasteiger partial charge on any atom is 0.310 e. The number of carbonyl (C=O) groups is 3. The number of hydrogen-bond acceptors (Lipinski definition) is 6. The Labute approximate surface area is 156 Å². The van der Waals surface area contributed by atoms with E-state index in [4.69, 9.17) is 9.47 Å². The number of aliphatic carboxylic acids is 1. The molecule has 1 aromatic rings. The zero-order valence-corrected chi connectivity index (χ0v) is 15.3. The molecule has 2 aliphatic heterocycles. The largest absolute Gasteiger partial charge is 0.481 e. The average Bonchev–Trinajstić information content (AvgIpc) is 3.35. The molecule has 10 nitrogen and oxygen atoms in total. The van der Waals surface area contributed by atoms with Gasteiger partial charge in [-0.15, -0.1) is 0 Å². The molecule has 27 heavy (non-hydrogen) atoms. The lowest BCUT2D eigenvalue weighted by atomic mass is 9.78. The number of rotatable bonds is 8. The number of aryl methyl sites for hydroxylation is 1. The summed E-state index contributed by atoms with van der Waals surface area (Å²) in [5, 5.41) is 19.0. The Balaban J connectivity index is 1.76. The first-order valence-corrected chi connectivity index (χ1v) is 9.00. The number of nitrogens with one attached hydrogen (secondary N) is 2. The number of methoxy groups -OCH3 is 1. The first kappa shape index (κ1) is 19.3. The Morgan fingerprint density at radius 3 is 2.67 bits per heavy atom. The van der Waals surface area contributed by atoms with Gasteiger partial charge in [0, 0.05) is 26.4 Å². The first-order valence-electron chi connectivity index (χ1n) is 9.00. The average molecular weight is 380 g/mol. The molecule has 1 aromatic heterocycles. The quantitative estimate of drug-likeness (QED) is 0.545. The van der Waals surface area contributed by atoms with Crippen molar-refractivity contribution in [1.29, 1.82) is 0 Å². The van der Waals surface area contributed by atoms with E-state index >= 15 is 0 Å². The van der Waals surface area contributed by atoms with E-state index in [2.05, 4.69) is 15.7 Å². The molecule has 0 spiro atoms. The summed E-state index contributed by atoms with van der Waals surface area (Å²) >= 11 is 0. The van der Waals surface area contributed by atoms with E-state index in [1.165, 1.54) is 11.8 Å². The van der Waals surface area contributed by atoms with Gasteiger partial charge in [-0.1, -0.05) is 0 Å². The Morgan fingerprint density at radius 2 is 2.04 bits per heavy atom. The van der Waals surface area contributed by atoms with Gasteiger partial charge >= 0.3 is 5.97 Å². The smallest absolute Gasteiger partial charge is 0.310 e. The third-order valence-corrected chi connectivity index (χ3v) is 5.01. The number of anilines is 1. The lowest BCUT2D eigenvalue weighted by Crippen LogP contribution is -2.41. The first-order chi connectivity index (χ1) is 13.0. The maximum absolute atomic E-state index is 12.8. The van der Waals surface area contributed by atoms with Crippen LogP contribution in [0.25, 0.3) is 0 Å². The van der Waals surface area contributed by atoms with Crippen LogP contribution in [-0.4, -0.2) is 65.1 Å². The number of amides is 2. The molecule has 0 aromatic carbocycles. The Morgan fingerprint density at radius 1 is 1.33 bits per heavy atom. The predicted molar refractivity (Wildman–Crippen MR) is 93.3 cm³/mol. The lowest BCUT2D eigenvalue weighted by molar-refractivity contribution is -0.147. The molecule has 2 bridgehead atoms. The molecule has 0 aliphatic carbocycles. The third-order valence-electron chi connectivity index (χ3n) is 5.01. The minimum atomic E-state index is -1.04. The highest BCUT2D eigenvalue weighted by molar-refractivity contribution is 6.03. The van der Waals surface area contributed by atoms with Crippen molar-refractivity contribution in [1.82, 2.24) is 15.1 Å². The normalized spacial score (nSPS) is 26.1. The number of hydrogen-bond donors (Lipinski definition) is 3. The van der Waals surface area contributed by atoms with Crippen LogP contribution in [-0.2, 0) is 25.6 Å². The minimum absolute atomic E-state index is 0.0808. The summed E-state index contributed by atoms with van der Waals surface area (Å²) in [6.07, 6.45) is 2.03. The van der Waals surface area contributed by atoms with Crippen molar-refractivity contribution in [2.24, 2.45) is 11.8 Å². The van der Waals surface area contributed by atoms with E-state index in [-0.39, 0.29) is 11.4 Å². The Kier molecular flexibility index (Phi) is 5.76. The molecule has 10 heteroatoms. The summed E-state index contributed by atoms with van der Waals surface area (Å²) in [7, 11) is 1.53. The number of fused-ring (bicyclic) bond motifs is 2. The van der Waals surface area contributed by atoms with Crippen LogP contribution in [0.15, 0.2) is 6.20 Å². The number of carbonyl (C=O) groups excluding carboxylic acids is 2. The van der Waals surface area contributed by atoms with Crippen molar-refractivity contribution in [3.8, 4) is 0 Å². The van der Waals surface area contributed by atoms with E-state index in [1.54, 1.807) is 6.20 Å². The fourth-order valence-corrected chi connectivity index (χ4v) is 3.73. The molecule has 0 unspecified atom stereocenters. The zero-order valence-electron chi connectivity index (χ0n) is 15.3. The van der Waals surface area contributed by atoms with Gasteiger partial charge in [-0.2, -0.15) is 5.10 Å². The number of ether oxygens (including phenoxy) is 2. The minimum Gasteiger partial charge on any atom is -0.481 e. The summed E-state index contributed by atoms with van der Waals surface area (Å²) in [6, 6.07) is 0. The van der Waals surface area contributed by atoms with Crippen molar-refractivity contribution in [3.63, 3.8) is 0 Å². The third kappa shape index (κ3) is 3.81. The molecule has 0 saturated carbocycles. The highest BCUT2D eigenvalue weighted by Gasteiger charge is 2.55. The van der Waals surface area contributed by atoms with E-state index in [9.17, 15) is 19.5 Å². The molecule has 148 valence electrons. The van der Waals surface area contributed by atoms with Gasteiger partial charge in [-0.3, -0.25) is 19.1 Å². The van der Waals surface area contributed by atoms with Crippen LogP contribution in [0.2, 0.25) is 0 Å². The molecular weight excluding hydrogens is 356 g/mol. The van der Waals surface area contributed by atoms with E-state index in [0.29, 0.717) is 32.5 Å². The summed E-state index contributed by atoms with van der Waals surface area (Å²) in [6.45, 7) is 3.03. The van der Waals surface area contributed by atoms with Gasteiger partial charge in [-0.25, -0.2) is 0 Å². The van der Waals surface area contributed by atoms with Crippen LogP contribution in [0, 0.1) is 11.8 Å². The predicted octanol–water partition coefficient (Wildman–Crippen LogP) is 0.0959. The summed E-state index contributed by atoms with van der Waals surface area (Å²) in [4.78, 5) is 36.7. The fourth-order valence-electron chi connectivity index (χ4n) is 3.73. The second-order valence-corrected chi connectivity index (χ2v) is 6.67. The van der Waals surface area contributed by atoms with Crippen LogP contribution in [0.3, 0.4) is 0 Å². The van der Waals surface area contributed by atoms with Crippen LogP contribution in [0.4, 0.5) is 5.69 Å². The highest BCUT2D eigenvalue weighted by Crippen LogP contribution is 2.44. The molecule has 2 fully saturated rings. The fraction of sp³-hybridized carbons (Fsp3) is 0.647. The summed E-state index contributed by atoms with van der Waals surface area (Å²) < 4.78 is 12.1. The van der Waals surface area contributed by atoms with E-state index in [1.807, 2.05) is 6.92 Å². The molecule has 3 heterocycles. The zero-order chi connectivity index (χ0) is 19.6. The standard InChI is InChI=1S/C17H24N4O6/c1-3-21-8-9(14(20-21)16(23)18-6-7-26-2)19-15(22)12-10-4-5-11(27-10)13(12)17(24)25/h8,10-13H,3-7H2,1-2H3,(H,18,23)(H,19,22)(H,24,25)/t10-,11+,12-,13-/m0/s1. The highest BCUT2D eigenvalue weighted by atomic mass is 16.5. The van der Waals surface area contributed by atoms with Gasteiger partial charge in [0.25, 0.3) is 5.91 Å². The van der Waals surface area contributed by atoms with Crippen LogP contribution >= 0.6 is 0 Å². The van der Waals surface area contributed by atoms with Crippen molar-refractivity contribution < 1.29 is 29.0 Å². The number of carboxylic acids is 1. The molecule has 2 aliphatic rings. The number of aromatic nitrogens is 2. The topological polar surface area (TPSA) is 132 Å².